The number of nitrogens with zero attached hydrogens (tertiary/aromatic N) is 2. The Bertz CT molecular complexity index is 1080. The van der Waals surface area contributed by atoms with Gasteiger partial charge in [-0.15, -0.1) is 0 Å². The van der Waals surface area contributed by atoms with E-state index in [4.69, 9.17) is 9.15 Å². The number of rotatable bonds is 6. The van der Waals surface area contributed by atoms with E-state index < -0.39 is 5.43 Å². The Morgan fingerprint density at radius 1 is 1.19 bits per heavy atom. The molecule has 1 fully saturated rings. The van der Waals surface area contributed by atoms with E-state index >= 15 is 0 Å². The number of ether oxygens (including phenoxy) is 1. The zero-order valence-electron chi connectivity index (χ0n) is 16.8. The van der Waals surface area contributed by atoms with Crippen molar-refractivity contribution >= 4 is 11.7 Å². The highest BCUT2D eigenvalue weighted by atomic mass is 19.1. The number of aromatic nitrogens is 1. The lowest BCUT2D eigenvalue weighted by molar-refractivity contribution is 0.0682. The molecule has 0 saturated carbocycles. The summed E-state index contributed by atoms with van der Waals surface area (Å²) < 4.78 is 23.8. The number of amides is 1. The maximum Gasteiger partial charge on any atom is 0.289 e. The average Bonchev–Trinajstić information content (AvgIpc) is 2.80. The molecule has 1 aromatic carbocycles. The van der Waals surface area contributed by atoms with Crippen LogP contribution in [-0.2, 0) is 6.61 Å². The first-order valence-electron chi connectivity index (χ1n) is 10.1. The molecule has 0 radical (unpaired) electrons. The molecule has 0 unspecified atom stereocenters. The SMILES string of the molecule is O=C(c1cc(=O)c(OCc2ccc(F)cc2)co1)N1CCC(Nc2ccccn2)CC1. The number of carbonyl (C=O) groups excluding carboxylic acids is 1. The molecule has 0 atom stereocenters. The van der Waals surface area contributed by atoms with Crippen LogP contribution in [0.25, 0.3) is 0 Å². The van der Waals surface area contributed by atoms with Crippen LogP contribution in [0.15, 0.2) is 70.2 Å². The molecule has 8 heteroatoms. The first-order valence-corrected chi connectivity index (χ1v) is 10.1. The summed E-state index contributed by atoms with van der Waals surface area (Å²) in [7, 11) is 0. The number of halogens is 1. The number of carbonyl (C=O) groups is 1. The summed E-state index contributed by atoms with van der Waals surface area (Å²) in [5, 5.41) is 3.37. The van der Waals surface area contributed by atoms with Crippen molar-refractivity contribution in [1.29, 1.82) is 0 Å². The number of anilines is 1. The highest BCUT2D eigenvalue weighted by molar-refractivity contribution is 5.91. The standard InChI is InChI=1S/C23H22FN3O4/c24-17-6-4-16(5-7-17)14-30-21-15-31-20(13-19(21)28)23(29)27-11-8-18(9-12-27)26-22-3-1-2-10-25-22/h1-7,10,13,15,18H,8-9,11-12,14H2,(H,25,26). The third-order valence-corrected chi connectivity index (χ3v) is 5.12. The van der Waals surface area contributed by atoms with Crippen LogP contribution in [0.5, 0.6) is 5.75 Å². The molecule has 160 valence electrons. The fourth-order valence-electron chi connectivity index (χ4n) is 3.40. The van der Waals surface area contributed by atoms with Gasteiger partial charge >= 0.3 is 0 Å². The molecule has 31 heavy (non-hydrogen) atoms. The van der Waals surface area contributed by atoms with Crippen molar-refractivity contribution < 1.29 is 18.3 Å². The summed E-state index contributed by atoms with van der Waals surface area (Å²) in [4.78, 5) is 31.0. The topological polar surface area (TPSA) is 84.7 Å². The van der Waals surface area contributed by atoms with Crippen LogP contribution in [0, 0.1) is 5.82 Å². The summed E-state index contributed by atoms with van der Waals surface area (Å²) in [5.74, 6) is 0.130. The van der Waals surface area contributed by atoms with Crippen LogP contribution in [0.4, 0.5) is 10.2 Å². The van der Waals surface area contributed by atoms with Gasteiger partial charge in [0.05, 0.1) is 0 Å². The normalized spacial score (nSPS) is 14.3. The van der Waals surface area contributed by atoms with E-state index in [0.717, 1.165) is 31.0 Å². The van der Waals surface area contributed by atoms with Gasteiger partial charge in [0.15, 0.2) is 5.76 Å². The predicted octanol–water partition coefficient (Wildman–Crippen LogP) is 3.47. The third kappa shape index (κ3) is 5.28. The molecular formula is C23H22FN3O4. The quantitative estimate of drug-likeness (QED) is 0.654. The summed E-state index contributed by atoms with van der Waals surface area (Å²) >= 11 is 0. The number of nitrogens with one attached hydrogen (secondary N) is 1. The van der Waals surface area contributed by atoms with E-state index in [1.165, 1.54) is 12.1 Å². The van der Waals surface area contributed by atoms with Crippen LogP contribution in [-0.4, -0.2) is 34.9 Å². The van der Waals surface area contributed by atoms with Gasteiger partial charge < -0.3 is 19.4 Å². The van der Waals surface area contributed by atoms with Crippen molar-refractivity contribution in [1.82, 2.24) is 9.88 Å². The fourth-order valence-corrected chi connectivity index (χ4v) is 3.40. The van der Waals surface area contributed by atoms with Crippen LogP contribution in [0.3, 0.4) is 0 Å². The number of pyridine rings is 1. The number of likely N-dealkylation sites (tertiary alicyclic amines) is 1. The maximum absolute atomic E-state index is 13.0. The summed E-state index contributed by atoms with van der Waals surface area (Å²) in [6, 6.07) is 12.8. The maximum atomic E-state index is 13.0. The number of hydrogen-bond acceptors (Lipinski definition) is 6. The van der Waals surface area contributed by atoms with Gasteiger partial charge in [-0.2, -0.15) is 0 Å². The van der Waals surface area contributed by atoms with Crippen molar-refractivity contribution in [2.24, 2.45) is 0 Å². The van der Waals surface area contributed by atoms with Crippen LogP contribution < -0.4 is 15.5 Å². The molecule has 0 spiro atoms. The van der Waals surface area contributed by atoms with Crippen LogP contribution >= 0.6 is 0 Å². The number of piperidine rings is 1. The highest BCUT2D eigenvalue weighted by Crippen LogP contribution is 2.18. The Balaban J connectivity index is 1.32. The van der Waals surface area contributed by atoms with Gasteiger partial charge in [-0.1, -0.05) is 18.2 Å². The van der Waals surface area contributed by atoms with Gasteiger partial charge in [0.25, 0.3) is 5.91 Å². The Kier molecular flexibility index (Phi) is 6.26. The minimum Gasteiger partial charge on any atom is -0.482 e. The van der Waals surface area contributed by atoms with Crippen LogP contribution in [0.1, 0.15) is 29.0 Å². The number of benzene rings is 1. The smallest absolute Gasteiger partial charge is 0.289 e. The van der Waals surface area contributed by atoms with Crippen molar-refractivity contribution in [2.45, 2.75) is 25.5 Å². The fraction of sp³-hybridized carbons (Fsp3) is 0.261. The molecule has 1 saturated heterocycles. The molecule has 2 aromatic heterocycles. The Hall–Kier alpha value is -3.68. The minimum absolute atomic E-state index is 0.000792. The molecule has 4 rings (SSSR count). The van der Waals surface area contributed by atoms with E-state index in [1.807, 2.05) is 18.2 Å². The Labute approximate surface area is 178 Å². The summed E-state index contributed by atoms with van der Waals surface area (Å²) in [5.41, 5.74) is 0.270. The first kappa shape index (κ1) is 20.6. The molecule has 3 heterocycles. The molecule has 0 bridgehead atoms. The highest BCUT2D eigenvalue weighted by Gasteiger charge is 2.25. The molecule has 1 aliphatic heterocycles. The van der Waals surface area contributed by atoms with Crippen LogP contribution in [0.2, 0.25) is 0 Å². The van der Waals surface area contributed by atoms with Crippen molar-refractivity contribution in [2.75, 3.05) is 18.4 Å². The first-order chi connectivity index (χ1) is 15.1. The van der Waals surface area contributed by atoms with Gasteiger partial charge in [-0.3, -0.25) is 9.59 Å². The second-order valence-electron chi connectivity index (χ2n) is 7.31. The zero-order chi connectivity index (χ0) is 21.6. The van der Waals surface area contributed by atoms with Gasteiger partial charge in [0.1, 0.15) is 24.5 Å². The molecular weight excluding hydrogens is 401 g/mol. The van der Waals surface area contributed by atoms with Crippen molar-refractivity contribution in [3.8, 4) is 5.75 Å². The van der Waals surface area contributed by atoms with E-state index in [0.29, 0.717) is 18.7 Å². The summed E-state index contributed by atoms with van der Waals surface area (Å²) in [6.45, 7) is 1.20. The van der Waals surface area contributed by atoms with E-state index in [2.05, 4.69) is 10.3 Å². The van der Waals surface area contributed by atoms with Crippen molar-refractivity contribution in [3.05, 3.63) is 88.4 Å². The lowest BCUT2D eigenvalue weighted by Gasteiger charge is -2.32. The zero-order valence-corrected chi connectivity index (χ0v) is 16.8. The minimum atomic E-state index is -0.441. The number of hydrogen-bond donors (Lipinski definition) is 1. The van der Waals surface area contributed by atoms with E-state index in [1.54, 1.807) is 23.2 Å². The third-order valence-electron chi connectivity index (χ3n) is 5.12. The molecule has 1 aliphatic rings. The second kappa shape index (κ2) is 9.42. The largest absolute Gasteiger partial charge is 0.482 e. The monoisotopic (exact) mass is 423 g/mol. The molecule has 7 nitrogen and oxygen atoms in total. The van der Waals surface area contributed by atoms with Crippen molar-refractivity contribution in [3.63, 3.8) is 0 Å². The molecule has 1 amide bonds. The Morgan fingerprint density at radius 2 is 1.97 bits per heavy atom. The van der Waals surface area contributed by atoms with Gasteiger partial charge in [0, 0.05) is 31.4 Å². The lowest BCUT2D eigenvalue weighted by atomic mass is 10.0. The average molecular weight is 423 g/mol. The van der Waals surface area contributed by atoms with Gasteiger partial charge in [-0.25, -0.2) is 9.37 Å². The molecule has 0 aliphatic carbocycles. The van der Waals surface area contributed by atoms with Gasteiger partial charge in [-0.05, 0) is 42.7 Å². The van der Waals surface area contributed by atoms with Gasteiger partial charge in [0.2, 0.25) is 11.2 Å². The lowest BCUT2D eigenvalue weighted by Crippen LogP contribution is -2.42. The predicted molar refractivity (Wildman–Crippen MR) is 112 cm³/mol. The van der Waals surface area contributed by atoms with E-state index in [-0.39, 0.29) is 35.9 Å². The molecule has 3 aromatic rings. The molecule has 1 N–H and O–H groups in total. The van der Waals surface area contributed by atoms with E-state index in [9.17, 15) is 14.0 Å². The summed E-state index contributed by atoms with van der Waals surface area (Å²) in [6.07, 6.45) is 4.42. The second-order valence-corrected chi connectivity index (χ2v) is 7.31. The Morgan fingerprint density at radius 3 is 2.65 bits per heavy atom.